The second-order valence-electron chi connectivity index (χ2n) is 5.24. The topological polar surface area (TPSA) is 49.4 Å². The number of anilines is 2. The molecular weight excluding hydrogens is 371 g/mol. The molecule has 0 heterocycles. The minimum Gasteiger partial charge on any atom is -0.324 e. The van der Waals surface area contributed by atoms with Gasteiger partial charge in [-0.05, 0) is 48.9 Å². The van der Waals surface area contributed by atoms with Gasteiger partial charge in [0.25, 0.3) is 0 Å². The molecule has 2 amide bonds. The van der Waals surface area contributed by atoms with Crippen LogP contribution < -0.4 is 10.2 Å². The van der Waals surface area contributed by atoms with Crippen molar-refractivity contribution in [1.29, 1.82) is 0 Å². The lowest BCUT2D eigenvalue weighted by Crippen LogP contribution is -2.37. The molecule has 2 aromatic carbocycles. The molecule has 0 aliphatic rings. The third-order valence-electron chi connectivity index (χ3n) is 3.28. The third-order valence-corrected chi connectivity index (χ3v) is 3.95. The number of amides is 2. The molecule has 4 nitrogen and oxygen atoms in total. The Morgan fingerprint density at radius 3 is 2.17 bits per heavy atom. The zero-order chi connectivity index (χ0) is 17.9. The van der Waals surface area contributed by atoms with Crippen LogP contribution in [0.2, 0.25) is 15.1 Å². The highest BCUT2D eigenvalue weighted by molar-refractivity contribution is 6.35. The minimum atomic E-state index is -0.363. The van der Waals surface area contributed by atoms with Gasteiger partial charge in [-0.1, -0.05) is 34.8 Å². The average molecular weight is 386 g/mol. The van der Waals surface area contributed by atoms with E-state index in [-0.39, 0.29) is 18.4 Å². The van der Waals surface area contributed by atoms with Crippen molar-refractivity contribution in [1.82, 2.24) is 0 Å². The molecule has 126 valence electrons. The monoisotopic (exact) mass is 384 g/mol. The van der Waals surface area contributed by atoms with Gasteiger partial charge in [-0.2, -0.15) is 0 Å². The molecule has 7 heteroatoms. The van der Waals surface area contributed by atoms with Crippen LogP contribution in [0.1, 0.15) is 12.5 Å². The Morgan fingerprint density at radius 1 is 1.00 bits per heavy atom. The fourth-order valence-corrected chi connectivity index (χ4v) is 3.01. The summed E-state index contributed by atoms with van der Waals surface area (Å²) >= 11 is 17.8. The summed E-state index contributed by atoms with van der Waals surface area (Å²) in [5, 5.41) is 4.07. The van der Waals surface area contributed by atoms with Crippen molar-refractivity contribution < 1.29 is 9.59 Å². The second kappa shape index (κ2) is 7.88. The highest BCUT2D eigenvalue weighted by atomic mass is 35.5. The van der Waals surface area contributed by atoms with Crippen LogP contribution in [0.5, 0.6) is 0 Å². The number of hydrogen-bond donors (Lipinski definition) is 1. The first-order valence-corrected chi connectivity index (χ1v) is 8.20. The standard InChI is InChI=1S/C17H15Cl3N2O2/c1-10-5-12(18)3-4-16(10)22(11(2)23)9-17(24)21-15-7-13(19)6-14(20)8-15/h3-8H,9H2,1-2H3,(H,21,24). The van der Waals surface area contributed by atoms with E-state index in [4.69, 9.17) is 34.8 Å². The highest BCUT2D eigenvalue weighted by Crippen LogP contribution is 2.25. The van der Waals surface area contributed by atoms with E-state index in [2.05, 4.69) is 5.32 Å². The van der Waals surface area contributed by atoms with E-state index in [1.807, 2.05) is 6.92 Å². The molecule has 2 rings (SSSR count). The van der Waals surface area contributed by atoms with Crippen molar-refractivity contribution >= 4 is 58.0 Å². The first kappa shape index (κ1) is 18.6. The van der Waals surface area contributed by atoms with Gasteiger partial charge in [0.1, 0.15) is 6.54 Å². The Kier molecular flexibility index (Phi) is 6.10. The lowest BCUT2D eigenvalue weighted by atomic mass is 10.1. The smallest absolute Gasteiger partial charge is 0.244 e. The molecule has 0 spiro atoms. The number of nitrogens with zero attached hydrogens (tertiary/aromatic N) is 1. The summed E-state index contributed by atoms with van der Waals surface area (Å²) in [4.78, 5) is 25.6. The number of rotatable bonds is 4. The van der Waals surface area contributed by atoms with Crippen molar-refractivity contribution in [3.8, 4) is 0 Å². The summed E-state index contributed by atoms with van der Waals surface area (Å²) in [6, 6.07) is 9.85. The van der Waals surface area contributed by atoms with Crippen molar-refractivity contribution in [2.24, 2.45) is 0 Å². The molecule has 0 aromatic heterocycles. The Balaban J connectivity index is 2.18. The summed E-state index contributed by atoms with van der Waals surface area (Å²) in [6.45, 7) is 3.09. The van der Waals surface area contributed by atoms with Gasteiger partial charge in [0.2, 0.25) is 11.8 Å². The predicted octanol–water partition coefficient (Wildman–Crippen LogP) is 4.95. The van der Waals surface area contributed by atoms with Gasteiger partial charge < -0.3 is 10.2 Å². The maximum Gasteiger partial charge on any atom is 0.244 e. The molecule has 0 unspecified atom stereocenters. The largest absolute Gasteiger partial charge is 0.324 e. The van der Waals surface area contributed by atoms with Crippen LogP contribution in [-0.2, 0) is 9.59 Å². The zero-order valence-corrected chi connectivity index (χ0v) is 15.3. The van der Waals surface area contributed by atoms with Crippen LogP contribution in [0, 0.1) is 6.92 Å². The highest BCUT2D eigenvalue weighted by Gasteiger charge is 2.18. The van der Waals surface area contributed by atoms with E-state index >= 15 is 0 Å². The summed E-state index contributed by atoms with van der Waals surface area (Å²) in [5.74, 6) is -0.613. The third kappa shape index (κ3) is 4.87. The fraction of sp³-hybridized carbons (Fsp3) is 0.176. The lowest BCUT2D eigenvalue weighted by molar-refractivity contribution is -0.120. The second-order valence-corrected chi connectivity index (χ2v) is 6.55. The van der Waals surface area contributed by atoms with Gasteiger partial charge >= 0.3 is 0 Å². The lowest BCUT2D eigenvalue weighted by Gasteiger charge is -2.22. The van der Waals surface area contributed by atoms with Gasteiger partial charge in [-0.15, -0.1) is 0 Å². The maximum absolute atomic E-state index is 12.3. The molecule has 2 aromatic rings. The van der Waals surface area contributed by atoms with Crippen molar-refractivity contribution in [3.05, 3.63) is 57.0 Å². The zero-order valence-electron chi connectivity index (χ0n) is 13.1. The summed E-state index contributed by atoms with van der Waals surface area (Å²) < 4.78 is 0. The molecule has 0 saturated carbocycles. The molecule has 0 atom stereocenters. The Morgan fingerprint density at radius 2 is 1.62 bits per heavy atom. The van der Waals surface area contributed by atoms with E-state index in [0.717, 1.165) is 5.56 Å². The first-order chi connectivity index (χ1) is 11.3. The van der Waals surface area contributed by atoms with E-state index in [1.54, 1.807) is 36.4 Å². The number of aryl methyl sites for hydroxylation is 1. The molecule has 0 bridgehead atoms. The maximum atomic E-state index is 12.3. The Labute approximate surface area is 155 Å². The van der Waals surface area contributed by atoms with Gasteiger partial charge in [0.05, 0.1) is 0 Å². The number of carbonyl (C=O) groups excluding carboxylic acids is 2. The Bertz CT molecular complexity index is 773. The summed E-state index contributed by atoms with van der Waals surface area (Å²) in [5.41, 5.74) is 1.90. The molecular formula is C17H15Cl3N2O2. The van der Waals surface area contributed by atoms with Crippen LogP contribution in [-0.4, -0.2) is 18.4 Å². The van der Waals surface area contributed by atoms with Gasteiger partial charge in [-0.25, -0.2) is 0 Å². The molecule has 1 N–H and O–H groups in total. The summed E-state index contributed by atoms with van der Waals surface area (Å²) in [6.07, 6.45) is 0. The van der Waals surface area contributed by atoms with Crippen molar-refractivity contribution in [2.45, 2.75) is 13.8 Å². The molecule has 0 saturated heterocycles. The fourth-order valence-electron chi connectivity index (χ4n) is 2.26. The van der Waals surface area contributed by atoms with Crippen molar-refractivity contribution in [2.75, 3.05) is 16.8 Å². The van der Waals surface area contributed by atoms with Gasteiger partial charge in [0.15, 0.2) is 0 Å². The van der Waals surface area contributed by atoms with E-state index in [9.17, 15) is 9.59 Å². The molecule has 0 radical (unpaired) electrons. The van der Waals surface area contributed by atoms with Crippen LogP contribution in [0.3, 0.4) is 0 Å². The van der Waals surface area contributed by atoms with Gasteiger partial charge in [0, 0.05) is 33.4 Å². The SMILES string of the molecule is CC(=O)N(CC(=O)Nc1cc(Cl)cc(Cl)c1)c1ccc(Cl)cc1C. The van der Waals surface area contributed by atoms with Crippen LogP contribution in [0.15, 0.2) is 36.4 Å². The number of nitrogens with one attached hydrogen (secondary N) is 1. The van der Waals surface area contributed by atoms with Crippen LogP contribution in [0.4, 0.5) is 11.4 Å². The molecule has 0 aliphatic carbocycles. The number of hydrogen-bond acceptors (Lipinski definition) is 2. The first-order valence-electron chi connectivity index (χ1n) is 7.06. The number of carbonyl (C=O) groups is 2. The number of halogens is 3. The predicted molar refractivity (Wildman–Crippen MR) is 99.3 cm³/mol. The van der Waals surface area contributed by atoms with Crippen LogP contribution >= 0.6 is 34.8 Å². The van der Waals surface area contributed by atoms with E-state index in [1.165, 1.54) is 11.8 Å². The van der Waals surface area contributed by atoms with E-state index in [0.29, 0.717) is 26.4 Å². The number of benzene rings is 2. The molecule has 0 fully saturated rings. The van der Waals surface area contributed by atoms with E-state index < -0.39 is 0 Å². The van der Waals surface area contributed by atoms with Crippen LogP contribution in [0.25, 0.3) is 0 Å². The van der Waals surface area contributed by atoms with Crippen molar-refractivity contribution in [3.63, 3.8) is 0 Å². The molecule has 24 heavy (non-hydrogen) atoms. The molecule has 0 aliphatic heterocycles. The minimum absolute atomic E-state index is 0.137. The Hall–Kier alpha value is -1.75. The quantitative estimate of drug-likeness (QED) is 0.810. The summed E-state index contributed by atoms with van der Waals surface area (Å²) in [7, 11) is 0. The average Bonchev–Trinajstić information content (AvgIpc) is 2.44. The normalized spacial score (nSPS) is 10.4. The van der Waals surface area contributed by atoms with Gasteiger partial charge in [-0.3, -0.25) is 9.59 Å².